The highest BCUT2D eigenvalue weighted by molar-refractivity contribution is 7.21. The Labute approximate surface area is 205 Å². The molecule has 4 atom stereocenters. The van der Waals surface area contributed by atoms with E-state index < -0.39 is 24.2 Å². The zero-order valence-corrected chi connectivity index (χ0v) is 19.7. The Kier molecular flexibility index (Phi) is 6.62. The molecule has 1 fully saturated rings. The van der Waals surface area contributed by atoms with Crippen LogP contribution < -0.4 is 10.6 Å². The average Bonchev–Trinajstić information content (AvgIpc) is 3.39. The molecule has 0 radical (unpaired) electrons. The number of thiazole rings is 1. The van der Waals surface area contributed by atoms with Crippen LogP contribution in [0.2, 0.25) is 5.15 Å². The minimum absolute atomic E-state index is 0.213. The summed E-state index contributed by atoms with van der Waals surface area (Å²) >= 11 is 8.14. The SMILES string of the molecule is OC[C@H]1C[C@@H](Nc2nc(NCc3ccccc3)nc(Cl)c2-c2nc3ccccc3s2)[C@H](O)[C@@H]1O. The highest BCUT2D eigenvalue weighted by Gasteiger charge is 2.41. The van der Waals surface area contributed by atoms with Crippen LogP contribution in [0.25, 0.3) is 20.8 Å². The Balaban J connectivity index is 1.51. The summed E-state index contributed by atoms with van der Waals surface area (Å²) in [7, 11) is 0. The number of aromatic nitrogens is 3. The molecular formula is C24H24ClN5O3S. The first-order valence-electron chi connectivity index (χ1n) is 11.0. The number of benzene rings is 2. The molecular weight excluding hydrogens is 474 g/mol. The number of hydrogen-bond acceptors (Lipinski definition) is 9. The van der Waals surface area contributed by atoms with E-state index in [0.717, 1.165) is 15.8 Å². The van der Waals surface area contributed by atoms with E-state index in [4.69, 9.17) is 16.6 Å². The maximum atomic E-state index is 10.6. The molecule has 0 bridgehead atoms. The normalized spacial score (nSPS) is 22.2. The van der Waals surface area contributed by atoms with Crippen LogP contribution in [-0.4, -0.2) is 55.1 Å². The molecule has 0 unspecified atom stereocenters. The predicted octanol–water partition coefficient (Wildman–Crippen LogP) is 3.53. The molecule has 176 valence electrons. The van der Waals surface area contributed by atoms with Crippen molar-refractivity contribution >= 4 is 44.9 Å². The van der Waals surface area contributed by atoms with Gasteiger partial charge in [0.05, 0.1) is 27.9 Å². The van der Waals surface area contributed by atoms with Crippen molar-refractivity contribution in [2.75, 3.05) is 17.2 Å². The van der Waals surface area contributed by atoms with Gasteiger partial charge < -0.3 is 26.0 Å². The van der Waals surface area contributed by atoms with E-state index in [9.17, 15) is 15.3 Å². The first kappa shape index (κ1) is 22.9. The van der Waals surface area contributed by atoms with Crippen LogP contribution in [0.15, 0.2) is 54.6 Å². The number of halogens is 1. The third-order valence-corrected chi connectivity index (χ3v) is 7.35. The lowest BCUT2D eigenvalue weighted by Crippen LogP contribution is -2.35. The number of aliphatic hydroxyl groups excluding tert-OH is 3. The van der Waals surface area contributed by atoms with Gasteiger partial charge in [0.15, 0.2) is 0 Å². The molecule has 0 aliphatic heterocycles. The summed E-state index contributed by atoms with van der Waals surface area (Å²) in [6.45, 7) is 0.296. The molecule has 5 N–H and O–H groups in total. The first-order valence-corrected chi connectivity index (χ1v) is 12.2. The van der Waals surface area contributed by atoms with Gasteiger partial charge in [0.25, 0.3) is 0 Å². The smallest absolute Gasteiger partial charge is 0.226 e. The van der Waals surface area contributed by atoms with Crippen molar-refractivity contribution in [2.24, 2.45) is 5.92 Å². The quantitative estimate of drug-likeness (QED) is 0.246. The van der Waals surface area contributed by atoms with E-state index in [1.807, 2.05) is 54.6 Å². The number of anilines is 2. The fourth-order valence-corrected chi connectivity index (χ4v) is 5.51. The summed E-state index contributed by atoms with van der Waals surface area (Å²) in [6.07, 6.45) is -1.71. The van der Waals surface area contributed by atoms with E-state index >= 15 is 0 Å². The minimum atomic E-state index is -1.06. The Morgan fingerprint density at radius 3 is 2.47 bits per heavy atom. The standard InChI is InChI=1S/C24H24ClN5O3S/c25-21-18(23-28-15-8-4-5-9-17(15)34-23)22(27-16-10-14(12-31)19(32)20(16)33)30-24(29-21)26-11-13-6-2-1-3-7-13/h1-9,14,16,19-20,31-33H,10-12H2,(H2,26,27,29,30)/t14-,16-,19-,20+/m1/s1. The molecule has 1 saturated carbocycles. The van der Waals surface area contributed by atoms with Crippen molar-refractivity contribution in [1.82, 2.24) is 15.0 Å². The molecule has 2 aromatic heterocycles. The zero-order valence-electron chi connectivity index (χ0n) is 18.1. The number of nitrogens with one attached hydrogen (secondary N) is 2. The summed E-state index contributed by atoms with van der Waals surface area (Å²) in [5.74, 6) is 0.309. The summed E-state index contributed by atoms with van der Waals surface area (Å²) in [5.41, 5.74) is 2.43. The van der Waals surface area contributed by atoms with Crippen LogP contribution in [-0.2, 0) is 6.54 Å². The second-order valence-electron chi connectivity index (χ2n) is 8.30. The van der Waals surface area contributed by atoms with Gasteiger partial charge in [-0.25, -0.2) is 9.97 Å². The van der Waals surface area contributed by atoms with Crippen molar-refractivity contribution in [3.8, 4) is 10.6 Å². The number of aliphatic hydroxyl groups is 3. The molecule has 0 amide bonds. The van der Waals surface area contributed by atoms with Gasteiger partial charge in [-0.2, -0.15) is 4.98 Å². The number of para-hydroxylation sites is 1. The molecule has 34 heavy (non-hydrogen) atoms. The van der Waals surface area contributed by atoms with Crippen LogP contribution in [0, 0.1) is 5.92 Å². The van der Waals surface area contributed by atoms with Crippen LogP contribution >= 0.6 is 22.9 Å². The van der Waals surface area contributed by atoms with E-state index in [2.05, 4.69) is 20.6 Å². The first-order chi connectivity index (χ1) is 16.5. The predicted molar refractivity (Wildman–Crippen MR) is 134 cm³/mol. The molecule has 5 rings (SSSR count). The Bertz CT molecular complexity index is 1260. The fraction of sp³-hybridized carbons (Fsp3) is 0.292. The highest BCUT2D eigenvalue weighted by atomic mass is 35.5. The molecule has 1 aliphatic rings. The second kappa shape index (κ2) is 9.81. The van der Waals surface area contributed by atoms with E-state index in [-0.39, 0.29) is 11.8 Å². The van der Waals surface area contributed by atoms with Crippen molar-refractivity contribution < 1.29 is 15.3 Å². The van der Waals surface area contributed by atoms with Gasteiger partial charge in [0.1, 0.15) is 22.1 Å². The van der Waals surface area contributed by atoms with Gasteiger partial charge >= 0.3 is 0 Å². The van der Waals surface area contributed by atoms with Crippen LogP contribution in [0.3, 0.4) is 0 Å². The van der Waals surface area contributed by atoms with Gasteiger partial charge in [-0.1, -0.05) is 54.1 Å². The zero-order chi connectivity index (χ0) is 23.7. The average molecular weight is 498 g/mol. The van der Waals surface area contributed by atoms with Crippen molar-refractivity contribution in [3.05, 3.63) is 65.3 Å². The molecule has 4 aromatic rings. The van der Waals surface area contributed by atoms with Crippen LogP contribution in [0.5, 0.6) is 0 Å². The summed E-state index contributed by atoms with van der Waals surface area (Å²) < 4.78 is 1.00. The molecule has 0 spiro atoms. The fourth-order valence-electron chi connectivity index (χ4n) is 4.19. The molecule has 1 aliphatic carbocycles. The maximum Gasteiger partial charge on any atom is 0.226 e. The van der Waals surface area contributed by atoms with E-state index in [1.165, 1.54) is 11.3 Å². The minimum Gasteiger partial charge on any atom is -0.396 e. The molecule has 10 heteroatoms. The van der Waals surface area contributed by atoms with Gasteiger partial charge in [0.2, 0.25) is 5.95 Å². The van der Waals surface area contributed by atoms with E-state index in [1.54, 1.807) is 0 Å². The Hall–Kier alpha value is -2.82. The van der Waals surface area contributed by atoms with Gasteiger partial charge in [0, 0.05) is 19.1 Å². The molecule has 8 nitrogen and oxygen atoms in total. The number of nitrogens with zero attached hydrogens (tertiary/aromatic N) is 3. The Morgan fingerprint density at radius 2 is 1.74 bits per heavy atom. The Morgan fingerprint density at radius 1 is 0.971 bits per heavy atom. The number of rotatable bonds is 7. The lowest BCUT2D eigenvalue weighted by Gasteiger charge is -2.21. The summed E-state index contributed by atoms with van der Waals surface area (Å²) in [6, 6.07) is 17.1. The van der Waals surface area contributed by atoms with Crippen molar-refractivity contribution in [3.63, 3.8) is 0 Å². The van der Waals surface area contributed by atoms with Gasteiger partial charge in [-0.15, -0.1) is 11.3 Å². The molecule has 2 heterocycles. The third-order valence-electron chi connectivity index (χ3n) is 6.02. The lowest BCUT2D eigenvalue weighted by molar-refractivity contribution is 0.00446. The molecule has 0 saturated heterocycles. The van der Waals surface area contributed by atoms with Crippen molar-refractivity contribution in [2.45, 2.75) is 31.2 Å². The highest BCUT2D eigenvalue weighted by Crippen LogP contribution is 2.40. The number of hydrogen-bond donors (Lipinski definition) is 5. The van der Waals surface area contributed by atoms with Gasteiger partial charge in [-0.3, -0.25) is 0 Å². The van der Waals surface area contributed by atoms with Gasteiger partial charge in [-0.05, 0) is 24.1 Å². The maximum absolute atomic E-state index is 10.6. The number of fused-ring (bicyclic) bond motifs is 1. The topological polar surface area (TPSA) is 123 Å². The molecule has 2 aromatic carbocycles. The van der Waals surface area contributed by atoms with Crippen molar-refractivity contribution in [1.29, 1.82) is 0 Å². The monoisotopic (exact) mass is 497 g/mol. The van der Waals surface area contributed by atoms with Crippen LogP contribution in [0.1, 0.15) is 12.0 Å². The summed E-state index contributed by atoms with van der Waals surface area (Å²) in [5, 5.41) is 37.7. The summed E-state index contributed by atoms with van der Waals surface area (Å²) in [4.78, 5) is 13.8. The largest absolute Gasteiger partial charge is 0.396 e. The second-order valence-corrected chi connectivity index (χ2v) is 9.69. The lowest BCUT2D eigenvalue weighted by atomic mass is 10.1. The third kappa shape index (κ3) is 4.57. The van der Waals surface area contributed by atoms with E-state index in [0.29, 0.717) is 35.3 Å². The van der Waals surface area contributed by atoms with Crippen LogP contribution in [0.4, 0.5) is 11.8 Å².